The Morgan fingerprint density at radius 3 is 2.78 bits per heavy atom. The number of esters is 1. The zero-order valence-corrected chi connectivity index (χ0v) is 13.9. The monoisotopic (exact) mass is 378 g/mol. The van der Waals surface area contributed by atoms with Crippen molar-refractivity contribution < 1.29 is 13.9 Å². The maximum atomic E-state index is 14.1. The Morgan fingerprint density at radius 2 is 2.13 bits per heavy atom. The highest BCUT2D eigenvalue weighted by atomic mass is 79.9. The van der Waals surface area contributed by atoms with Crippen molar-refractivity contribution in [1.82, 2.24) is 14.6 Å². The number of carbonyl (C=O) groups excluding carboxylic acids is 1. The lowest BCUT2D eigenvalue weighted by Crippen LogP contribution is -2.09. The summed E-state index contributed by atoms with van der Waals surface area (Å²) in [6.07, 6.45) is 0. The molecule has 0 bridgehead atoms. The molecular weight excluding hydrogens is 367 g/mol. The van der Waals surface area contributed by atoms with Crippen LogP contribution in [0.2, 0.25) is 0 Å². The van der Waals surface area contributed by atoms with Crippen LogP contribution in [-0.4, -0.2) is 34.7 Å². The molecule has 2 aromatic heterocycles. The summed E-state index contributed by atoms with van der Waals surface area (Å²) in [5.41, 5.74) is 1.32. The third kappa shape index (κ3) is 2.77. The van der Waals surface area contributed by atoms with E-state index in [9.17, 15) is 9.18 Å². The number of nitrogens with one attached hydrogen (secondary N) is 1. The van der Waals surface area contributed by atoms with Gasteiger partial charge < -0.3 is 10.1 Å². The second kappa shape index (κ2) is 5.96. The number of anilines is 1. The third-order valence-corrected chi connectivity index (χ3v) is 3.78. The number of hydrogen-bond donors (Lipinski definition) is 1. The van der Waals surface area contributed by atoms with Gasteiger partial charge in [-0.1, -0.05) is 15.9 Å². The minimum Gasteiger partial charge on any atom is -0.464 e. The first-order chi connectivity index (χ1) is 11.0. The fraction of sp³-hybridized carbons (Fsp3) is 0.133. The summed E-state index contributed by atoms with van der Waals surface area (Å²) in [5.74, 6) is -0.414. The number of aromatic nitrogens is 3. The second-order valence-electron chi connectivity index (χ2n) is 4.69. The van der Waals surface area contributed by atoms with Crippen LogP contribution in [0.15, 0.2) is 34.8 Å². The second-order valence-corrected chi connectivity index (χ2v) is 5.61. The van der Waals surface area contributed by atoms with E-state index in [0.717, 1.165) is 0 Å². The molecule has 0 aliphatic heterocycles. The highest BCUT2D eigenvalue weighted by Crippen LogP contribution is 2.26. The molecule has 6 nitrogen and oxygen atoms in total. The summed E-state index contributed by atoms with van der Waals surface area (Å²) in [6, 6.07) is 7.86. The van der Waals surface area contributed by atoms with Gasteiger partial charge in [0.15, 0.2) is 11.3 Å². The van der Waals surface area contributed by atoms with Crippen molar-refractivity contribution in [3.8, 4) is 11.3 Å². The minimum atomic E-state index is -0.554. The fourth-order valence-corrected chi connectivity index (χ4v) is 2.52. The molecule has 0 saturated heterocycles. The quantitative estimate of drug-likeness (QED) is 0.709. The van der Waals surface area contributed by atoms with Crippen molar-refractivity contribution >= 4 is 33.4 Å². The van der Waals surface area contributed by atoms with E-state index >= 15 is 0 Å². The van der Waals surface area contributed by atoms with Crippen LogP contribution in [0.5, 0.6) is 0 Å². The van der Waals surface area contributed by atoms with Crippen molar-refractivity contribution in [2.45, 2.75) is 0 Å². The van der Waals surface area contributed by atoms with Gasteiger partial charge in [-0.2, -0.15) is 9.61 Å². The van der Waals surface area contributed by atoms with Gasteiger partial charge >= 0.3 is 5.97 Å². The van der Waals surface area contributed by atoms with Gasteiger partial charge in [0.25, 0.3) is 0 Å². The summed E-state index contributed by atoms with van der Waals surface area (Å²) < 4.78 is 21.0. The van der Waals surface area contributed by atoms with E-state index in [0.29, 0.717) is 27.2 Å². The van der Waals surface area contributed by atoms with Crippen LogP contribution >= 0.6 is 15.9 Å². The van der Waals surface area contributed by atoms with E-state index in [1.54, 1.807) is 25.2 Å². The molecule has 1 aromatic carbocycles. The molecule has 0 unspecified atom stereocenters. The molecule has 23 heavy (non-hydrogen) atoms. The van der Waals surface area contributed by atoms with E-state index in [4.69, 9.17) is 0 Å². The average molecular weight is 379 g/mol. The molecule has 1 N–H and O–H groups in total. The van der Waals surface area contributed by atoms with Crippen molar-refractivity contribution in [2.24, 2.45) is 0 Å². The van der Waals surface area contributed by atoms with Crippen molar-refractivity contribution in [2.75, 3.05) is 19.5 Å². The number of hydrogen-bond acceptors (Lipinski definition) is 5. The molecule has 0 atom stereocenters. The summed E-state index contributed by atoms with van der Waals surface area (Å²) in [4.78, 5) is 15.9. The molecule has 3 aromatic rings. The first-order valence-corrected chi connectivity index (χ1v) is 7.45. The Hall–Kier alpha value is -2.48. The number of fused-ring (bicyclic) bond motifs is 1. The molecule has 0 aliphatic rings. The van der Waals surface area contributed by atoms with E-state index in [1.807, 2.05) is 0 Å². The van der Waals surface area contributed by atoms with Crippen LogP contribution < -0.4 is 5.32 Å². The van der Waals surface area contributed by atoms with Crippen molar-refractivity contribution in [3.63, 3.8) is 0 Å². The van der Waals surface area contributed by atoms with Crippen LogP contribution in [-0.2, 0) is 4.74 Å². The lowest BCUT2D eigenvalue weighted by atomic mass is 10.1. The predicted octanol–water partition coefficient (Wildman–Crippen LogP) is 3.13. The number of nitrogens with zero attached hydrogens (tertiary/aromatic N) is 3. The largest absolute Gasteiger partial charge is 0.464 e. The number of ether oxygens (including phenoxy) is 1. The van der Waals surface area contributed by atoms with Gasteiger partial charge in [0.05, 0.1) is 12.8 Å². The zero-order valence-electron chi connectivity index (χ0n) is 12.3. The Kier molecular flexibility index (Phi) is 3.99. The molecule has 0 saturated carbocycles. The normalized spacial score (nSPS) is 10.8. The van der Waals surface area contributed by atoms with Gasteiger partial charge in [-0.15, -0.1) is 0 Å². The van der Waals surface area contributed by atoms with Crippen LogP contribution in [0.4, 0.5) is 10.2 Å². The summed E-state index contributed by atoms with van der Waals surface area (Å²) in [5, 5.41) is 7.28. The lowest BCUT2D eigenvalue weighted by Gasteiger charge is -2.05. The smallest absolute Gasteiger partial charge is 0.356 e. The molecule has 0 fully saturated rings. The van der Waals surface area contributed by atoms with Gasteiger partial charge in [-0.3, -0.25) is 0 Å². The minimum absolute atomic E-state index is 0.145. The molecule has 0 amide bonds. The van der Waals surface area contributed by atoms with Gasteiger partial charge in [0.2, 0.25) is 0 Å². The number of benzene rings is 1. The highest BCUT2D eigenvalue weighted by molar-refractivity contribution is 9.10. The fourth-order valence-electron chi connectivity index (χ4n) is 2.19. The van der Waals surface area contributed by atoms with Crippen molar-refractivity contribution in [3.05, 3.63) is 46.3 Å². The first-order valence-electron chi connectivity index (χ1n) is 6.66. The molecule has 3 rings (SSSR count). The van der Waals surface area contributed by atoms with E-state index < -0.39 is 11.8 Å². The molecular formula is C15H12BrFN4O2. The molecule has 0 aliphatic carbocycles. The van der Waals surface area contributed by atoms with E-state index in [-0.39, 0.29) is 5.69 Å². The van der Waals surface area contributed by atoms with E-state index in [2.05, 4.69) is 36.1 Å². The maximum Gasteiger partial charge on any atom is 0.356 e. The van der Waals surface area contributed by atoms with Crippen LogP contribution in [0.25, 0.3) is 16.9 Å². The van der Waals surface area contributed by atoms with Gasteiger partial charge in [-0.05, 0) is 18.2 Å². The number of rotatable bonds is 3. The summed E-state index contributed by atoms with van der Waals surface area (Å²) in [7, 11) is 2.98. The molecule has 0 radical (unpaired) electrons. The Morgan fingerprint density at radius 1 is 1.35 bits per heavy atom. The number of methoxy groups -OCH3 is 1. The molecule has 8 heteroatoms. The van der Waals surface area contributed by atoms with Crippen LogP contribution in [0, 0.1) is 5.82 Å². The van der Waals surface area contributed by atoms with E-state index in [1.165, 1.54) is 23.8 Å². The zero-order chi connectivity index (χ0) is 16.6. The SMILES string of the molecule is CNc1cc(C(=O)OC)nc2cc(-c3ccc(Br)cc3F)nn12. The molecule has 2 heterocycles. The Balaban J connectivity index is 2.19. The topological polar surface area (TPSA) is 68.5 Å². The third-order valence-electron chi connectivity index (χ3n) is 3.28. The summed E-state index contributed by atoms with van der Waals surface area (Å²) >= 11 is 3.22. The Labute approximate surface area is 139 Å². The maximum absolute atomic E-state index is 14.1. The Bertz CT molecular complexity index is 910. The number of halogens is 2. The predicted molar refractivity (Wildman–Crippen MR) is 87.0 cm³/mol. The average Bonchev–Trinajstić information content (AvgIpc) is 2.96. The highest BCUT2D eigenvalue weighted by Gasteiger charge is 2.16. The lowest BCUT2D eigenvalue weighted by molar-refractivity contribution is 0.0594. The molecule has 118 valence electrons. The number of carbonyl (C=O) groups is 1. The van der Waals surface area contributed by atoms with Gasteiger partial charge in [0.1, 0.15) is 11.6 Å². The van der Waals surface area contributed by atoms with Gasteiger partial charge in [-0.25, -0.2) is 14.2 Å². The summed E-state index contributed by atoms with van der Waals surface area (Å²) in [6.45, 7) is 0. The van der Waals surface area contributed by atoms with Gasteiger partial charge in [0, 0.05) is 29.2 Å². The van der Waals surface area contributed by atoms with Crippen LogP contribution in [0.1, 0.15) is 10.5 Å². The standard InChI is InChI=1S/C15H12BrFN4O2/c1-18-13-7-12(15(22)23-2)19-14-6-11(20-21(13)14)9-4-3-8(16)5-10(9)17/h3-7,18H,1-2H3. The first kappa shape index (κ1) is 15.4. The van der Waals surface area contributed by atoms with Crippen LogP contribution in [0.3, 0.4) is 0 Å². The van der Waals surface area contributed by atoms with Crippen molar-refractivity contribution in [1.29, 1.82) is 0 Å². The molecule has 0 spiro atoms.